The number of unbranched alkanes of at least 4 members (excludes halogenated alkanes) is 19. The van der Waals surface area contributed by atoms with Crippen LogP contribution in [0.2, 0.25) is 0 Å². The number of nitrogens with one attached hydrogen (secondary N) is 2. The molecule has 7 nitrogen and oxygen atoms in total. The zero-order valence-corrected chi connectivity index (χ0v) is 35.4. The van der Waals surface area contributed by atoms with Crippen molar-refractivity contribution < 1.29 is 19.1 Å². The van der Waals surface area contributed by atoms with E-state index in [0.717, 1.165) is 70.3 Å². The van der Waals surface area contributed by atoms with Crippen molar-refractivity contribution in [3.8, 4) is 0 Å². The van der Waals surface area contributed by atoms with Gasteiger partial charge in [-0.25, -0.2) is 0 Å². The summed E-state index contributed by atoms with van der Waals surface area (Å²) < 4.78 is 5.50. The summed E-state index contributed by atoms with van der Waals surface area (Å²) in [6.07, 6.45) is 34.0. The van der Waals surface area contributed by atoms with Gasteiger partial charge in [-0.2, -0.15) is 11.8 Å². The summed E-state index contributed by atoms with van der Waals surface area (Å²) in [5.74, 6) is 1.21. The fourth-order valence-corrected chi connectivity index (χ4v) is 8.17. The number of hydrogen-bond donors (Lipinski definition) is 2. The van der Waals surface area contributed by atoms with E-state index in [0.29, 0.717) is 31.7 Å². The summed E-state index contributed by atoms with van der Waals surface area (Å²) in [6, 6.07) is -0.540. The third-order valence-corrected chi connectivity index (χ3v) is 11.8. The maximum atomic E-state index is 13.7. The van der Waals surface area contributed by atoms with Crippen LogP contribution in [0.15, 0.2) is 0 Å². The van der Waals surface area contributed by atoms with Gasteiger partial charge in [-0.3, -0.25) is 14.4 Å². The topological polar surface area (TPSA) is 87.7 Å². The number of nitrogens with zero attached hydrogens (tertiary/aromatic N) is 1. The third kappa shape index (κ3) is 29.1. The summed E-state index contributed by atoms with van der Waals surface area (Å²) >= 11 is 1.67. The Labute approximate surface area is 326 Å². The van der Waals surface area contributed by atoms with Gasteiger partial charge in [-0.1, -0.05) is 162 Å². The molecule has 2 atom stereocenters. The highest BCUT2D eigenvalue weighted by Crippen LogP contribution is 2.20. The van der Waals surface area contributed by atoms with Gasteiger partial charge < -0.3 is 20.3 Å². The maximum absolute atomic E-state index is 13.7. The molecule has 1 saturated heterocycles. The van der Waals surface area contributed by atoms with Gasteiger partial charge in [-0.15, -0.1) is 0 Å². The number of ether oxygens (including phenoxy) is 1. The normalized spacial score (nSPS) is 14.6. The monoisotopic (exact) mass is 752 g/mol. The van der Waals surface area contributed by atoms with Crippen molar-refractivity contribution in [2.24, 2.45) is 5.92 Å². The summed E-state index contributed by atoms with van der Waals surface area (Å²) in [5.41, 5.74) is 0. The summed E-state index contributed by atoms with van der Waals surface area (Å²) in [7, 11) is 0. The molecule has 0 aromatic carbocycles. The van der Waals surface area contributed by atoms with E-state index in [2.05, 4.69) is 36.3 Å². The molecule has 0 aliphatic carbocycles. The van der Waals surface area contributed by atoms with E-state index in [1.54, 1.807) is 11.8 Å². The molecule has 0 spiro atoms. The molecular weight excluding hydrogens is 667 g/mol. The predicted octanol–water partition coefficient (Wildman–Crippen LogP) is 11.2. The molecule has 8 heteroatoms. The van der Waals surface area contributed by atoms with Gasteiger partial charge in [0, 0.05) is 24.8 Å². The van der Waals surface area contributed by atoms with Gasteiger partial charge in [0.2, 0.25) is 11.8 Å². The van der Waals surface area contributed by atoms with E-state index in [1.807, 2.05) is 0 Å². The van der Waals surface area contributed by atoms with Gasteiger partial charge in [0.1, 0.15) is 6.04 Å². The Morgan fingerprint density at radius 1 is 0.596 bits per heavy atom. The Balaban J connectivity index is 2.44. The zero-order chi connectivity index (χ0) is 37.7. The zero-order valence-electron chi connectivity index (χ0n) is 34.6. The van der Waals surface area contributed by atoms with Gasteiger partial charge in [0.15, 0.2) is 0 Å². The van der Waals surface area contributed by atoms with E-state index < -0.39 is 6.04 Å². The molecule has 1 rings (SSSR count). The largest absolute Gasteiger partial charge is 0.466 e. The highest BCUT2D eigenvalue weighted by Gasteiger charge is 2.25. The molecule has 1 heterocycles. The average Bonchev–Trinajstić information content (AvgIpc) is 3.15. The van der Waals surface area contributed by atoms with Crippen molar-refractivity contribution in [2.45, 2.75) is 213 Å². The first-order valence-corrected chi connectivity index (χ1v) is 23.7. The molecule has 1 aliphatic rings. The molecule has 0 saturated carbocycles. The molecule has 306 valence electrons. The molecule has 2 unspecified atom stereocenters. The lowest BCUT2D eigenvalue weighted by Gasteiger charge is -2.27. The lowest BCUT2D eigenvalue weighted by molar-refractivity contribution is -0.143. The van der Waals surface area contributed by atoms with Crippen molar-refractivity contribution in [2.75, 3.05) is 44.3 Å². The van der Waals surface area contributed by atoms with Gasteiger partial charge >= 0.3 is 5.97 Å². The Kier molecular flexibility index (Phi) is 34.4. The molecule has 1 fully saturated rings. The van der Waals surface area contributed by atoms with Crippen LogP contribution < -0.4 is 10.6 Å². The minimum atomic E-state index is -0.540. The van der Waals surface area contributed by atoms with Gasteiger partial charge in [0.05, 0.1) is 13.0 Å². The molecule has 0 aromatic rings. The first-order chi connectivity index (χ1) is 25.5. The number of hydrogen-bond acceptors (Lipinski definition) is 6. The summed E-state index contributed by atoms with van der Waals surface area (Å²) in [5, 5.41) is 6.35. The van der Waals surface area contributed by atoms with Crippen LogP contribution in [0, 0.1) is 5.92 Å². The van der Waals surface area contributed by atoms with Crippen LogP contribution in [-0.2, 0) is 19.1 Å². The number of carbonyl (C=O) groups is 3. The summed E-state index contributed by atoms with van der Waals surface area (Å²) in [4.78, 5) is 41.9. The minimum absolute atomic E-state index is 0.0285. The van der Waals surface area contributed by atoms with Crippen molar-refractivity contribution in [1.82, 2.24) is 15.5 Å². The fraction of sp³-hybridized carbons (Fsp3) is 0.932. The third-order valence-electron chi connectivity index (χ3n) is 10.8. The fourth-order valence-electron chi connectivity index (χ4n) is 7.26. The van der Waals surface area contributed by atoms with E-state index in [4.69, 9.17) is 4.74 Å². The minimum Gasteiger partial charge on any atom is -0.466 e. The smallest absolute Gasteiger partial charge is 0.306 e. The van der Waals surface area contributed by atoms with Gasteiger partial charge in [0.25, 0.3) is 0 Å². The molecular formula is C44H85N3O4S. The second kappa shape index (κ2) is 36.7. The Morgan fingerprint density at radius 2 is 1.10 bits per heavy atom. The van der Waals surface area contributed by atoms with Crippen LogP contribution in [0.1, 0.15) is 207 Å². The van der Waals surface area contributed by atoms with Crippen molar-refractivity contribution in [3.05, 3.63) is 0 Å². The van der Waals surface area contributed by atoms with Crippen LogP contribution >= 0.6 is 11.8 Å². The molecule has 0 aromatic heterocycles. The van der Waals surface area contributed by atoms with Crippen LogP contribution in [0.5, 0.6) is 0 Å². The number of thioether (sulfide) groups is 1. The Bertz CT molecular complexity index is 838. The first-order valence-electron chi connectivity index (χ1n) is 22.6. The second-order valence-electron chi connectivity index (χ2n) is 15.6. The lowest BCUT2D eigenvalue weighted by atomic mass is 9.93. The molecule has 2 amide bonds. The van der Waals surface area contributed by atoms with Crippen LogP contribution in [-0.4, -0.2) is 73.0 Å². The maximum Gasteiger partial charge on any atom is 0.306 e. The summed E-state index contributed by atoms with van der Waals surface area (Å²) in [6.45, 7) is 10.9. The average molecular weight is 752 g/mol. The standard InChI is InChI=1S/C44H85N3O4S/c1-4-7-10-13-15-16-17-18-19-20-22-28-37-51-42(48)32-39-52-38-31-41(44(50)45-33-36-47-34-26-23-27-35-47)46-43(49)40(29-24-12-9-6-3)30-25-21-14-11-8-5-2/h40-41H,4-39H2,1-3H3,(H,45,50)(H,46,49). The number of piperidine rings is 1. The predicted molar refractivity (Wildman–Crippen MR) is 224 cm³/mol. The molecule has 2 N–H and O–H groups in total. The van der Waals surface area contributed by atoms with E-state index >= 15 is 0 Å². The number of amides is 2. The van der Waals surface area contributed by atoms with E-state index in [9.17, 15) is 14.4 Å². The number of rotatable bonds is 37. The Morgan fingerprint density at radius 3 is 1.65 bits per heavy atom. The first kappa shape index (κ1) is 48.7. The van der Waals surface area contributed by atoms with Crippen LogP contribution in [0.4, 0.5) is 0 Å². The molecule has 1 aliphatic heterocycles. The molecule has 0 bridgehead atoms. The highest BCUT2D eigenvalue weighted by atomic mass is 32.2. The Hall–Kier alpha value is -1.28. The number of likely N-dealkylation sites (tertiary alicyclic amines) is 1. The van der Waals surface area contributed by atoms with Gasteiger partial charge in [-0.05, 0) is 57.4 Å². The highest BCUT2D eigenvalue weighted by molar-refractivity contribution is 7.99. The SMILES string of the molecule is CCCCCCCCCCCCCCOC(=O)CCSCCC(NC(=O)C(CCCCCC)CCCCCCCC)C(=O)NCCN1CCCCC1. The van der Waals surface area contributed by atoms with Crippen LogP contribution in [0.3, 0.4) is 0 Å². The quantitative estimate of drug-likeness (QED) is 0.0485. The van der Waals surface area contributed by atoms with E-state index in [1.165, 1.54) is 128 Å². The molecule has 52 heavy (non-hydrogen) atoms. The number of carbonyl (C=O) groups excluding carboxylic acids is 3. The second-order valence-corrected chi connectivity index (χ2v) is 16.8. The van der Waals surface area contributed by atoms with Crippen LogP contribution in [0.25, 0.3) is 0 Å². The number of esters is 1. The van der Waals surface area contributed by atoms with E-state index in [-0.39, 0.29) is 23.7 Å². The van der Waals surface area contributed by atoms with Crippen molar-refractivity contribution in [1.29, 1.82) is 0 Å². The lowest BCUT2D eigenvalue weighted by Crippen LogP contribution is -2.50. The van der Waals surface area contributed by atoms with Crippen molar-refractivity contribution in [3.63, 3.8) is 0 Å². The molecule has 0 radical (unpaired) electrons. The van der Waals surface area contributed by atoms with Crippen molar-refractivity contribution >= 4 is 29.5 Å².